The van der Waals surface area contributed by atoms with Gasteiger partial charge >= 0.3 is 6.18 Å². The number of pyridine rings is 1. The highest BCUT2D eigenvalue weighted by Crippen LogP contribution is 2.44. The van der Waals surface area contributed by atoms with Gasteiger partial charge in [-0.3, -0.25) is 0 Å². The van der Waals surface area contributed by atoms with Gasteiger partial charge in [-0.15, -0.1) is 5.10 Å². The molecule has 1 unspecified atom stereocenters. The van der Waals surface area contributed by atoms with Crippen LogP contribution in [0.1, 0.15) is 32.3 Å². The zero-order chi connectivity index (χ0) is 22.4. The van der Waals surface area contributed by atoms with Gasteiger partial charge in [-0.25, -0.2) is 28.3 Å². The molecule has 0 fully saturated rings. The Balaban J connectivity index is 1.63. The van der Waals surface area contributed by atoms with Crippen LogP contribution < -0.4 is 5.32 Å². The number of aliphatic imine (C=N–C) groups is 1. The molecule has 0 spiro atoms. The van der Waals surface area contributed by atoms with Gasteiger partial charge in [-0.1, -0.05) is 0 Å². The molecule has 6 nitrogen and oxygen atoms in total. The van der Waals surface area contributed by atoms with Crippen molar-refractivity contribution >= 4 is 23.0 Å². The Morgan fingerprint density at radius 2 is 1.97 bits per heavy atom. The summed E-state index contributed by atoms with van der Waals surface area (Å²) in [5.74, 6) is 0.500. The Kier molecular flexibility index (Phi) is 5.14. The molecular formula is C20H19F5N6. The first-order chi connectivity index (χ1) is 14.6. The molecule has 11 heteroatoms. The molecule has 4 rings (SSSR count). The Morgan fingerprint density at radius 3 is 2.68 bits per heavy atom. The monoisotopic (exact) mass is 438 g/mol. The Labute approximate surface area is 174 Å². The van der Waals surface area contributed by atoms with Crippen LogP contribution in [0.3, 0.4) is 0 Å². The van der Waals surface area contributed by atoms with E-state index in [1.165, 1.54) is 10.7 Å². The quantitative estimate of drug-likeness (QED) is 0.539. The molecule has 31 heavy (non-hydrogen) atoms. The fourth-order valence-corrected chi connectivity index (χ4v) is 3.68. The van der Waals surface area contributed by atoms with Crippen molar-refractivity contribution in [2.75, 3.05) is 11.9 Å². The molecule has 1 aliphatic heterocycles. The lowest BCUT2D eigenvalue weighted by Crippen LogP contribution is -2.30. The molecule has 3 aromatic heterocycles. The topological polar surface area (TPSA) is 67.5 Å². The molecule has 4 heterocycles. The van der Waals surface area contributed by atoms with Gasteiger partial charge in [0, 0.05) is 53.2 Å². The minimum Gasteiger partial charge on any atom is -0.353 e. The van der Waals surface area contributed by atoms with E-state index in [1.54, 1.807) is 38.4 Å². The van der Waals surface area contributed by atoms with E-state index in [1.807, 2.05) is 0 Å². The second kappa shape index (κ2) is 7.54. The summed E-state index contributed by atoms with van der Waals surface area (Å²) >= 11 is 0. The number of halogens is 5. The van der Waals surface area contributed by atoms with Crippen LogP contribution in [-0.2, 0) is 5.41 Å². The van der Waals surface area contributed by atoms with E-state index in [2.05, 4.69) is 25.4 Å². The Hall–Kier alpha value is -3.11. The number of hydrogen-bond acceptors (Lipinski definition) is 5. The van der Waals surface area contributed by atoms with E-state index in [4.69, 9.17) is 0 Å². The maximum absolute atomic E-state index is 13.2. The van der Waals surface area contributed by atoms with Gasteiger partial charge in [0.25, 0.3) is 0 Å². The predicted molar refractivity (Wildman–Crippen MR) is 106 cm³/mol. The predicted octanol–water partition coefficient (Wildman–Crippen LogP) is 5.17. The maximum Gasteiger partial charge on any atom is 0.390 e. The van der Waals surface area contributed by atoms with Gasteiger partial charge in [0.05, 0.1) is 18.1 Å². The molecule has 0 aromatic carbocycles. The van der Waals surface area contributed by atoms with Crippen molar-refractivity contribution < 1.29 is 22.0 Å². The van der Waals surface area contributed by atoms with Gasteiger partial charge in [0.2, 0.25) is 12.4 Å². The number of fused-ring (bicyclic) bond motifs is 2. The number of rotatable bonds is 6. The maximum atomic E-state index is 13.2. The smallest absolute Gasteiger partial charge is 0.353 e. The highest BCUT2D eigenvalue weighted by atomic mass is 19.4. The molecule has 0 aliphatic carbocycles. The van der Waals surface area contributed by atoms with Crippen LogP contribution in [0.5, 0.6) is 0 Å². The first kappa shape index (κ1) is 21.1. The standard InChI is InChI=1S/C20H19F5N6/c1-11-19(2,8-16(21)22)14-7-12(9-27-17(14)29-11)13-3-6-31-15(13)10-28-18(30-31)26-5-4-20(23,24)25/h3,6-7,9-10,16H,4-5,8H2,1-2H3,(H,26,30). The number of nitrogens with one attached hydrogen (secondary N) is 1. The average Bonchev–Trinajstić information content (AvgIpc) is 3.19. The summed E-state index contributed by atoms with van der Waals surface area (Å²) in [6, 6.07) is 3.57. The SMILES string of the molecule is CC1=Nc2ncc(-c3ccn4nc(NCCC(F)(F)F)ncc34)cc2C1(C)CC(F)F. The molecule has 0 saturated carbocycles. The third kappa shape index (κ3) is 4.08. The third-order valence-electron chi connectivity index (χ3n) is 5.52. The van der Waals surface area contributed by atoms with Crippen LogP contribution in [0.2, 0.25) is 0 Å². The summed E-state index contributed by atoms with van der Waals surface area (Å²) in [4.78, 5) is 12.8. The molecule has 0 radical (unpaired) electrons. The summed E-state index contributed by atoms with van der Waals surface area (Å²) < 4.78 is 64.8. The first-order valence-electron chi connectivity index (χ1n) is 9.57. The number of hydrogen-bond donors (Lipinski definition) is 1. The van der Waals surface area contributed by atoms with E-state index >= 15 is 0 Å². The number of anilines is 1. The van der Waals surface area contributed by atoms with Crippen molar-refractivity contribution in [1.82, 2.24) is 19.6 Å². The van der Waals surface area contributed by atoms with Gasteiger partial charge in [-0.05, 0) is 26.0 Å². The average molecular weight is 438 g/mol. The van der Waals surface area contributed by atoms with Gasteiger partial charge in [0.1, 0.15) is 0 Å². The highest BCUT2D eigenvalue weighted by molar-refractivity contribution is 5.99. The lowest BCUT2D eigenvalue weighted by molar-refractivity contribution is -0.131. The van der Waals surface area contributed by atoms with Crippen LogP contribution in [0.25, 0.3) is 16.6 Å². The van der Waals surface area contributed by atoms with E-state index in [-0.39, 0.29) is 18.9 Å². The lowest BCUT2D eigenvalue weighted by Gasteiger charge is -2.25. The van der Waals surface area contributed by atoms with Crippen molar-refractivity contribution in [3.63, 3.8) is 0 Å². The van der Waals surface area contributed by atoms with Gasteiger partial charge in [-0.2, -0.15) is 13.2 Å². The van der Waals surface area contributed by atoms with Crippen LogP contribution in [0.15, 0.2) is 35.7 Å². The molecular weight excluding hydrogens is 419 g/mol. The number of nitrogens with zero attached hydrogens (tertiary/aromatic N) is 5. The molecule has 3 aromatic rings. The van der Waals surface area contributed by atoms with E-state index < -0.39 is 24.4 Å². The van der Waals surface area contributed by atoms with Crippen LogP contribution in [0, 0.1) is 0 Å². The van der Waals surface area contributed by atoms with Gasteiger partial charge in [0.15, 0.2) is 5.82 Å². The Bertz CT molecular complexity index is 1150. The van der Waals surface area contributed by atoms with Crippen molar-refractivity contribution in [2.24, 2.45) is 4.99 Å². The largest absolute Gasteiger partial charge is 0.390 e. The highest BCUT2D eigenvalue weighted by Gasteiger charge is 2.40. The fourth-order valence-electron chi connectivity index (χ4n) is 3.68. The lowest BCUT2D eigenvalue weighted by atomic mass is 9.77. The summed E-state index contributed by atoms with van der Waals surface area (Å²) in [5.41, 5.74) is 2.33. The molecule has 0 bridgehead atoms. The normalized spacial score (nSPS) is 18.5. The fraction of sp³-hybridized carbons (Fsp3) is 0.400. The third-order valence-corrected chi connectivity index (χ3v) is 5.52. The molecule has 1 aliphatic rings. The summed E-state index contributed by atoms with van der Waals surface area (Å²) in [5, 5.41) is 6.73. The minimum atomic E-state index is -4.26. The minimum absolute atomic E-state index is 0.0690. The zero-order valence-electron chi connectivity index (χ0n) is 16.7. The first-order valence-corrected chi connectivity index (χ1v) is 9.57. The van der Waals surface area contributed by atoms with Gasteiger partial charge < -0.3 is 5.32 Å². The number of alkyl halides is 5. The summed E-state index contributed by atoms with van der Waals surface area (Å²) in [7, 11) is 0. The van der Waals surface area contributed by atoms with Crippen molar-refractivity contribution in [3.8, 4) is 11.1 Å². The summed E-state index contributed by atoms with van der Waals surface area (Å²) in [6.45, 7) is 3.12. The van der Waals surface area contributed by atoms with Crippen LogP contribution in [0.4, 0.5) is 33.7 Å². The second-order valence-corrected chi connectivity index (χ2v) is 7.65. The molecule has 164 valence electrons. The van der Waals surface area contributed by atoms with Crippen molar-refractivity contribution in [2.45, 2.75) is 44.7 Å². The Morgan fingerprint density at radius 1 is 1.19 bits per heavy atom. The van der Waals surface area contributed by atoms with E-state index in [0.717, 1.165) is 5.56 Å². The zero-order valence-corrected chi connectivity index (χ0v) is 16.7. The summed E-state index contributed by atoms with van der Waals surface area (Å²) in [6.07, 6.45) is -3.36. The van der Waals surface area contributed by atoms with E-state index in [9.17, 15) is 22.0 Å². The molecule has 0 saturated heterocycles. The second-order valence-electron chi connectivity index (χ2n) is 7.65. The van der Waals surface area contributed by atoms with E-state index in [0.29, 0.717) is 28.2 Å². The number of aromatic nitrogens is 4. The van der Waals surface area contributed by atoms with Crippen molar-refractivity contribution in [3.05, 3.63) is 36.3 Å². The molecule has 1 N–H and O–H groups in total. The molecule has 0 amide bonds. The molecule has 1 atom stereocenters. The van der Waals surface area contributed by atoms with Crippen molar-refractivity contribution in [1.29, 1.82) is 0 Å². The van der Waals surface area contributed by atoms with Crippen LogP contribution >= 0.6 is 0 Å². The van der Waals surface area contributed by atoms with Crippen LogP contribution in [-0.4, -0.2) is 44.4 Å².